The standard InChI is InChI=1S/C21H21ClN4O2/c1-27-18-11-14-8-10-26(13-15(14)12-19(18)28-2)21-23-9-7-20(25-21)24-17-5-3-16(22)4-6-17/h3-7,9,11-12H,8,10,13H2,1-2H3,(H,23,24,25). The molecule has 0 unspecified atom stereocenters. The van der Waals surface area contributed by atoms with E-state index in [9.17, 15) is 0 Å². The molecule has 1 N–H and O–H groups in total. The lowest BCUT2D eigenvalue weighted by atomic mass is 9.99. The van der Waals surface area contributed by atoms with E-state index in [0.717, 1.165) is 42.5 Å². The first-order valence-corrected chi connectivity index (χ1v) is 9.38. The summed E-state index contributed by atoms with van der Waals surface area (Å²) in [4.78, 5) is 11.3. The normalized spacial score (nSPS) is 13.0. The summed E-state index contributed by atoms with van der Waals surface area (Å²) < 4.78 is 10.9. The first kappa shape index (κ1) is 18.4. The molecule has 2 heterocycles. The van der Waals surface area contributed by atoms with Crippen LogP contribution in [0.25, 0.3) is 0 Å². The van der Waals surface area contributed by atoms with E-state index in [1.807, 2.05) is 36.4 Å². The van der Waals surface area contributed by atoms with Gasteiger partial charge in [-0.25, -0.2) is 4.98 Å². The van der Waals surface area contributed by atoms with Crippen LogP contribution in [-0.2, 0) is 13.0 Å². The number of nitrogens with zero attached hydrogens (tertiary/aromatic N) is 3. The van der Waals surface area contributed by atoms with Gasteiger partial charge < -0.3 is 19.7 Å². The number of anilines is 3. The Balaban J connectivity index is 1.55. The highest BCUT2D eigenvalue weighted by Crippen LogP contribution is 2.34. The van der Waals surface area contributed by atoms with Gasteiger partial charge >= 0.3 is 0 Å². The largest absolute Gasteiger partial charge is 0.493 e. The van der Waals surface area contributed by atoms with Gasteiger partial charge in [-0.3, -0.25) is 0 Å². The van der Waals surface area contributed by atoms with Crippen LogP contribution in [0.15, 0.2) is 48.7 Å². The van der Waals surface area contributed by atoms with Gasteiger partial charge in [0.1, 0.15) is 5.82 Å². The summed E-state index contributed by atoms with van der Waals surface area (Å²) in [7, 11) is 3.31. The molecule has 1 aliphatic heterocycles. The molecule has 4 rings (SSSR count). The highest BCUT2D eigenvalue weighted by molar-refractivity contribution is 6.30. The van der Waals surface area contributed by atoms with E-state index in [0.29, 0.717) is 11.0 Å². The van der Waals surface area contributed by atoms with Crippen molar-refractivity contribution in [3.05, 3.63) is 64.8 Å². The SMILES string of the molecule is COc1cc2c(cc1OC)CN(c1nccc(Nc3ccc(Cl)cc3)n1)CC2. The topological polar surface area (TPSA) is 59.5 Å². The molecule has 2 aromatic carbocycles. The quantitative estimate of drug-likeness (QED) is 0.687. The summed E-state index contributed by atoms with van der Waals surface area (Å²) >= 11 is 5.95. The van der Waals surface area contributed by atoms with Gasteiger partial charge in [-0.2, -0.15) is 4.98 Å². The third-order valence-corrected chi connectivity index (χ3v) is 5.01. The number of rotatable bonds is 5. The first-order valence-electron chi connectivity index (χ1n) is 9.00. The van der Waals surface area contributed by atoms with Crippen molar-refractivity contribution in [1.82, 2.24) is 9.97 Å². The van der Waals surface area contributed by atoms with Crippen LogP contribution in [0, 0.1) is 0 Å². The summed E-state index contributed by atoms with van der Waals surface area (Å²) in [5, 5.41) is 3.99. The molecule has 0 amide bonds. The molecule has 0 spiro atoms. The van der Waals surface area contributed by atoms with Gasteiger partial charge in [-0.15, -0.1) is 0 Å². The number of hydrogen-bond donors (Lipinski definition) is 1. The minimum atomic E-state index is 0.694. The zero-order valence-electron chi connectivity index (χ0n) is 15.8. The minimum Gasteiger partial charge on any atom is -0.493 e. The smallest absolute Gasteiger partial charge is 0.227 e. The number of nitrogens with one attached hydrogen (secondary N) is 1. The fraction of sp³-hybridized carbons (Fsp3) is 0.238. The number of ether oxygens (including phenoxy) is 2. The van der Waals surface area contributed by atoms with Crippen molar-refractivity contribution in [2.24, 2.45) is 0 Å². The van der Waals surface area contributed by atoms with Crippen molar-refractivity contribution in [1.29, 1.82) is 0 Å². The molecule has 0 saturated carbocycles. The predicted octanol–water partition coefficient (Wildman–Crippen LogP) is 4.45. The Labute approximate surface area is 169 Å². The molecule has 0 saturated heterocycles. The summed E-state index contributed by atoms with van der Waals surface area (Å²) in [6, 6.07) is 13.5. The molecule has 0 radical (unpaired) electrons. The van der Waals surface area contributed by atoms with E-state index < -0.39 is 0 Å². The van der Waals surface area contributed by atoms with Gasteiger partial charge in [0.15, 0.2) is 11.5 Å². The Morgan fingerprint density at radius 1 is 1.00 bits per heavy atom. The number of methoxy groups -OCH3 is 2. The molecule has 7 heteroatoms. The predicted molar refractivity (Wildman–Crippen MR) is 111 cm³/mol. The maximum Gasteiger partial charge on any atom is 0.227 e. The van der Waals surface area contributed by atoms with Crippen LogP contribution in [-0.4, -0.2) is 30.7 Å². The van der Waals surface area contributed by atoms with Gasteiger partial charge in [-0.1, -0.05) is 11.6 Å². The summed E-state index contributed by atoms with van der Waals surface area (Å²) in [6.45, 7) is 1.56. The van der Waals surface area contributed by atoms with Crippen molar-refractivity contribution < 1.29 is 9.47 Å². The minimum absolute atomic E-state index is 0.694. The molecule has 3 aromatic rings. The monoisotopic (exact) mass is 396 g/mol. The van der Waals surface area contributed by atoms with Gasteiger partial charge in [0.2, 0.25) is 5.95 Å². The molecule has 144 valence electrons. The summed E-state index contributed by atoms with van der Waals surface area (Å²) in [5.74, 6) is 2.94. The number of fused-ring (bicyclic) bond motifs is 1. The molecular weight excluding hydrogens is 376 g/mol. The van der Waals surface area contributed by atoms with E-state index in [-0.39, 0.29) is 0 Å². The van der Waals surface area contributed by atoms with Crippen LogP contribution in [0.4, 0.5) is 17.5 Å². The Morgan fingerprint density at radius 3 is 2.43 bits per heavy atom. The van der Waals surface area contributed by atoms with Crippen LogP contribution < -0.4 is 19.7 Å². The molecule has 0 atom stereocenters. The van der Waals surface area contributed by atoms with Crippen molar-refractivity contribution in [2.75, 3.05) is 31.0 Å². The molecule has 6 nitrogen and oxygen atoms in total. The number of hydrogen-bond acceptors (Lipinski definition) is 6. The van der Waals surface area contributed by atoms with E-state index in [1.54, 1.807) is 20.4 Å². The third kappa shape index (κ3) is 3.82. The Bertz CT molecular complexity index is 979. The van der Waals surface area contributed by atoms with Crippen LogP contribution in [0.5, 0.6) is 11.5 Å². The molecule has 1 aromatic heterocycles. The third-order valence-electron chi connectivity index (χ3n) is 4.76. The lowest BCUT2D eigenvalue weighted by Crippen LogP contribution is -2.31. The van der Waals surface area contributed by atoms with Crippen LogP contribution in [0.2, 0.25) is 5.02 Å². The Kier molecular flexibility index (Phi) is 5.21. The zero-order valence-corrected chi connectivity index (χ0v) is 16.5. The first-order chi connectivity index (χ1) is 13.7. The molecular formula is C21H21ClN4O2. The number of halogens is 1. The van der Waals surface area contributed by atoms with E-state index in [4.69, 9.17) is 21.1 Å². The van der Waals surface area contributed by atoms with Crippen molar-refractivity contribution in [2.45, 2.75) is 13.0 Å². The van der Waals surface area contributed by atoms with Crippen molar-refractivity contribution in [3.8, 4) is 11.5 Å². The maximum atomic E-state index is 5.95. The fourth-order valence-corrected chi connectivity index (χ4v) is 3.43. The second-order valence-corrected chi connectivity index (χ2v) is 6.96. The lowest BCUT2D eigenvalue weighted by molar-refractivity contribution is 0.353. The van der Waals surface area contributed by atoms with Crippen LogP contribution >= 0.6 is 11.6 Å². The summed E-state index contributed by atoms with van der Waals surface area (Å²) in [5.41, 5.74) is 3.39. The number of benzene rings is 2. The van der Waals surface area contributed by atoms with Crippen molar-refractivity contribution >= 4 is 29.1 Å². The molecule has 28 heavy (non-hydrogen) atoms. The van der Waals surface area contributed by atoms with Crippen molar-refractivity contribution in [3.63, 3.8) is 0 Å². The van der Waals surface area contributed by atoms with Crippen LogP contribution in [0.3, 0.4) is 0 Å². The van der Waals surface area contributed by atoms with Gasteiger partial charge in [-0.05, 0) is 60.0 Å². The van der Waals surface area contributed by atoms with E-state index in [2.05, 4.69) is 26.3 Å². The second kappa shape index (κ2) is 7.94. The van der Waals surface area contributed by atoms with Gasteiger partial charge in [0.05, 0.1) is 14.2 Å². The van der Waals surface area contributed by atoms with E-state index >= 15 is 0 Å². The zero-order chi connectivity index (χ0) is 19.5. The second-order valence-electron chi connectivity index (χ2n) is 6.52. The average molecular weight is 397 g/mol. The maximum absolute atomic E-state index is 5.95. The molecule has 0 aliphatic carbocycles. The lowest BCUT2D eigenvalue weighted by Gasteiger charge is -2.29. The Morgan fingerprint density at radius 2 is 1.71 bits per heavy atom. The van der Waals surface area contributed by atoms with Gasteiger partial charge in [0.25, 0.3) is 0 Å². The molecule has 0 bridgehead atoms. The Hall–Kier alpha value is -2.99. The number of aromatic nitrogens is 2. The molecule has 0 fully saturated rings. The highest BCUT2D eigenvalue weighted by Gasteiger charge is 2.21. The van der Waals surface area contributed by atoms with Gasteiger partial charge in [0, 0.05) is 30.0 Å². The molecule has 1 aliphatic rings. The summed E-state index contributed by atoms with van der Waals surface area (Å²) in [6.07, 6.45) is 2.67. The van der Waals surface area contributed by atoms with Crippen LogP contribution in [0.1, 0.15) is 11.1 Å². The highest BCUT2D eigenvalue weighted by atomic mass is 35.5. The van der Waals surface area contributed by atoms with E-state index in [1.165, 1.54) is 11.1 Å². The fourth-order valence-electron chi connectivity index (χ4n) is 3.31. The average Bonchev–Trinajstić information content (AvgIpc) is 2.74.